The van der Waals surface area contributed by atoms with E-state index in [4.69, 9.17) is 0 Å². The minimum absolute atomic E-state index is 0.141. The van der Waals surface area contributed by atoms with Crippen LogP contribution in [-0.4, -0.2) is 141 Å². The summed E-state index contributed by atoms with van der Waals surface area (Å²) in [7, 11) is 3.39. The molecule has 0 radical (unpaired) electrons. The quantitative estimate of drug-likeness (QED) is 0.0807. The first-order valence-corrected chi connectivity index (χ1v) is 24.9. The topological polar surface area (TPSA) is 199 Å². The van der Waals surface area contributed by atoms with E-state index >= 15 is 0 Å². The van der Waals surface area contributed by atoms with Gasteiger partial charge in [0.1, 0.15) is 26.3 Å². The van der Waals surface area contributed by atoms with Gasteiger partial charge in [-0.3, -0.25) is 0 Å². The van der Waals surface area contributed by atoms with Crippen LogP contribution in [0.1, 0.15) is 76.6 Å². The van der Waals surface area contributed by atoms with Crippen LogP contribution in [0.15, 0.2) is 106 Å². The summed E-state index contributed by atoms with van der Waals surface area (Å²) in [5, 5.41) is 14.0. The zero-order chi connectivity index (χ0) is 47.9. The van der Waals surface area contributed by atoms with Gasteiger partial charge >= 0.3 is 5.97 Å². The molecule has 3 heterocycles. The van der Waals surface area contributed by atoms with Gasteiger partial charge in [0.2, 0.25) is 5.69 Å². The van der Waals surface area contributed by atoms with Crippen LogP contribution < -0.4 is 10.2 Å². The summed E-state index contributed by atoms with van der Waals surface area (Å²) >= 11 is 0. The summed E-state index contributed by atoms with van der Waals surface area (Å²) in [6.45, 7) is 11.2. The van der Waals surface area contributed by atoms with E-state index in [0.717, 1.165) is 86.4 Å². The van der Waals surface area contributed by atoms with Crippen LogP contribution in [0.25, 0.3) is 0 Å². The smallest absolute Gasteiger partial charge is 0.326 e. The predicted octanol–water partition coefficient (Wildman–Crippen LogP) is 5.67. The Kier molecular flexibility index (Phi) is 14.0. The van der Waals surface area contributed by atoms with Crippen LogP contribution in [0.4, 0.5) is 11.4 Å². The number of allylic oxidation sites excluding steroid dienone is 7. The lowest BCUT2D eigenvalue weighted by Crippen LogP contribution is -2.39. The first-order chi connectivity index (χ1) is 30.1. The van der Waals surface area contributed by atoms with Crippen LogP contribution in [0, 0.1) is 0 Å². The number of aromatic nitrogens is 2. The maximum Gasteiger partial charge on any atom is 0.326 e. The monoisotopic (exact) mass is 932 g/mol. The average Bonchev–Trinajstić information content (AvgIpc) is 3.83. The number of hydrogen-bond acceptors (Lipinski definition) is 10. The fourth-order valence-electron chi connectivity index (χ4n) is 9.30. The van der Waals surface area contributed by atoms with Crippen LogP contribution >= 0.6 is 0 Å². The fourth-order valence-corrected chi connectivity index (χ4v) is 10.3. The Balaban J connectivity index is 1.50. The molecule has 0 saturated heterocycles. The largest absolute Gasteiger partial charge is 0.744 e. The van der Waals surface area contributed by atoms with E-state index in [1.54, 1.807) is 18.3 Å². The van der Waals surface area contributed by atoms with Gasteiger partial charge in [0.25, 0.3) is 0 Å². The number of H-pyrrole nitrogens is 1. The number of anilines is 1. The fraction of sp³-hybridized carbons (Fsp3) is 0.479. The van der Waals surface area contributed by atoms with Crippen molar-refractivity contribution in [3.63, 3.8) is 0 Å². The van der Waals surface area contributed by atoms with Crippen molar-refractivity contribution in [3.05, 3.63) is 113 Å². The van der Waals surface area contributed by atoms with Crippen LogP contribution in [-0.2, 0) is 42.3 Å². The summed E-state index contributed by atoms with van der Waals surface area (Å²) in [4.78, 5) is 21.8. The van der Waals surface area contributed by atoms with Crippen LogP contribution in [0.3, 0.4) is 0 Å². The zero-order valence-electron chi connectivity index (χ0n) is 39.4. The molecule has 352 valence electrons. The van der Waals surface area contributed by atoms with Crippen LogP contribution in [0.2, 0.25) is 0 Å². The highest BCUT2D eigenvalue weighted by atomic mass is 32.2. The molecule has 0 spiro atoms. The molecule has 0 saturated carbocycles. The highest BCUT2D eigenvalue weighted by Gasteiger charge is 2.45. The van der Waals surface area contributed by atoms with E-state index in [2.05, 4.69) is 67.0 Å². The number of rotatable bonds is 18. The number of aromatic amines is 1. The Morgan fingerprint density at radius 2 is 1.52 bits per heavy atom. The van der Waals surface area contributed by atoms with Gasteiger partial charge in [-0.1, -0.05) is 26.0 Å². The number of nitrogens with one attached hydrogen (secondary N) is 2. The van der Waals surface area contributed by atoms with Crippen molar-refractivity contribution in [1.82, 2.24) is 15.3 Å². The number of benzene rings is 2. The van der Waals surface area contributed by atoms with Crippen molar-refractivity contribution in [2.45, 2.75) is 92.9 Å². The first-order valence-electron chi connectivity index (χ1n) is 22.1. The number of fused-ring (bicyclic) bond motifs is 2. The summed E-state index contributed by atoms with van der Waals surface area (Å²) < 4.78 is 77.0. The molecule has 3 N–H and O–H groups in total. The average molecular weight is 933 g/mol. The van der Waals surface area contributed by atoms with Gasteiger partial charge in [0.15, 0.2) is 12.3 Å². The summed E-state index contributed by atoms with van der Waals surface area (Å²) in [6.07, 6.45) is 15.2. The van der Waals surface area contributed by atoms with E-state index < -0.39 is 43.1 Å². The molecule has 65 heavy (non-hydrogen) atoms. The first kappa shape index (κ1) is 49.5. The van der Waals surface area contributed by atoms with Gasteiger partial charge in [-0.25, -0.2) is 26.6 Å². The molecular weight excluding hydrogens is 867 g/mol. The number of aliphatic carboxylic acids is 1. The standard InChI is InChI=1S/C48H65N7O8S2/c1-47(2)38-29-36(64(58,59)60)18-20-41(38)52(24-12-26-54(5,6)7)43(47)22-16-33-14-11-15-34(45(33)51-40(46(56)57)28-35-31-49-32-50-35)17-23-44-48(3,4)39-30-37(65(61,62)63)19-21-42(39)53(44)25-13-27-55(8,9)10/h16-23,29-32,40H,11-15,24-28H2,1-10H3,(H2-2,49,50,56,57,58,59,60,61,62,63)/p+1/b33-16+,43-22+. The molecule has 1 atom stereocenters. The molecule has 2 aliphatic heterocycles. The molecule has 17 heteroatoms. The molecule has 1 aliphatic carbocycles. The Morgan fingerprint density at radius 1 is 0.892 bits per heavy atom. The molecule has 0 fully saturated rings. The van der Waals surface area contributed by atoms with Gasteiger partial charge in [-0.2, -0.15) is 4.58 Å². The summed E-state index contributed by atoms with van der Waals surface area (Å²) in [5.41, 5.74) is 6.73. The molecule has 3 aliphatic rings. The zero-order valence-corrected chi connectivity index (χ0v) is 41.1. The second-order valence-corrected chi connectivity index (χ2v) is 23.3. The molecule has 3 aromatic rings. The SMILES string of the molecule is CC1(C)C(/C=C/C2=C(NC(Cc3cnc[nH]3)C(=O)O)C(=C/C=C3/N(CCC[N+](C)(C)C)c4ccc(S(=O)(=O)[O-])cc4C3(C)C)/CCC2)=[N+](CCC[N+](C)(C)C)c2ccc(S(=O)(=O)[O-])cc21. The van der Waals surface area contributed by atoms with Crippen molar-refractivity contribution in [1.29, 1.82) is 0 Å². The summed E-state index contributed by atoms with van der Waals surface area (Å²) in [5.74, 6) is -1.03. The molecular formula is C48H66N7O8S2+. The number of nitrogens with zero attached hydrogens (tertiary/aromatic N) is 5. The van der Waals surface area contributed by atoms with Crippen molar-refractivity contribution >= 4 is 43.3 Å². The number of carboxylic acid groups (broad SMARTS) is 1. The lowest BCUT2D eigenvalue weighted by molar-refractivity contribution is -0.871. The lowest BCUT2D eigenvalue weighted by Gasteiger charge is -2.30. The molecule has 2 aromatic carbocycles. The Morgan fingerprint density at radius 3 is 2.12 bits per heavy atom. The molecule has 1 aromatic heterocycles. The highest BCUT2D eigenvalue weighted by Crippen LogP contribution is 2.49. The summed E-state index contributed by atoms with van der Waals surface area (Å²) in [6, 6.07) is 8.16. The number of hydrogen-bond donors (Lipinski definition) is 3. The maximum atomic E-state index is 13.0. The van der Waals surface area contributed by atoms with Gasteiger partial charge in [0.05, 0.1) is 83.3 Å². The third kappa shape index (κ3) is 11.4. The number of carbonyl (C=O) groups is 1. The molecule has 15 nitrogen and oxygen atoms in total. The van der Waals surface area contributed by atoms with Crippen molar-refractivity contribution in [2.24, 2.45) is 0 Å². The number of carboxylic acids is 1. The minimum atomic E-state index is -4.70. The van der Waals surface area contributed by atoms with E-state index in [9.17, 15) is 35.8 Å². The second-order valence-electron chi connectivity index (χ2n) is 20.6. The predicted molar refractivity (Wildman–Crippen MR) is 250 cm³/mol. The van der Waals surface area contributed by atoms with E-state index in [-0.39, 0.29) is 16.2 Å². The number of quaternary nitrogens is 2. The number of imidazole rings is 1. The Bertz CT molecular complexity index is 2700. The lowest BCUT2D eigenvalue weighted by atomic mass is 9.81. The van der Waals surface area contributed by atoms with Crippen molar-refractivity contribution < 1.29 is 49.4 Å². The van der Waals surface area contributed by atoms with Gasteiger partial charge < -0.3 is 38.4 Å². The van der Waals surface area contributed by atoms with Crippen LogP contribution in [0.5, 0.6) is 0 Å². The Labute approximate surface area is 385 Å². The van der Waals surface area contributed by atoms with E-state index in [0.29, 0.717) is 37.3 Å². The third-order valence-corrected chi connectivity index (χ3v) is 14.4. The molecule has 1 unspecified atom stereocenters. The molecule has 6 rings (SSSR count). The normalized spacial score (nSPS) is 19.4. The van der Waals surface area contributed by atoms with Gasteiger partial charge in [-0.05, 0) is 86.2 Å². The van der Waals surface area contributed by atoms with E-state index in [1.807, 2.05) is 52.0 Å². The highest BCUT2D eigenvalue weighted by molar-refractivity contribution is 7.86. The Hall–Kier alpha value is -4.91. The minimum Gasteiger partial charge on any atom is -0.744 e. The van der Waals surface area contributed by atoms with Crippen molar-refractivity contribution in [2.75, 3.05) is 73.4 Å². The third-order valence-electron chi connectivity index (χ3n) is 12.7. The van der Waals surface area contributed by atoms with Crippen molar-refractivity contribution in [3.8, 4) is 0 Å². The molecule has 0 amide bonds. The van der Waals surface area contributed by atoms with Gasteiger partial charge in [-0.15, -0.1) is 0 Å². The molecule has 0 bridgehead atoms. The second kappa shape index (κ2) is 18.4. The van der Waals surface area contributed by atoms with E-state index in [1.165, 1.54) is 30.6 Å². The maximum absolute atomic E-state index is 13.0. The van der Waals surface area contributed by atoms with Gasteiger partial charge in [0, 0.05) is 71.5 Å².